The molecule has 4 aromatic rings. The lowest BCUT2D eigenvalue weighted by molar-refractivity contribution is -0.612. The van der Waals surface area contributed by atoms with Crippen LogP contribution in [0, 0.1) is 25.0 Å². The van der Waals surface area contributed by atoms with Gasteiger partial charge < -0.3 is 14.9 Å². The van der Waals surface area contributed by atoms with Crippen molar-refractivity contribution in [1.82, 2.24) is 9.80 Å². The molecule has 2 aliphatic rings. The molecule has 3 heterocycles. The Labute approximate surface area is 303 Å². The van der Waals surface area contributed by atoms with Crippen molar-refractivity contribution in [2.75, 3.05) is 32.8 Å². The fraction of sp³-hybridized carbons (Fsp3) is 0.395. The number of nitrogens with zero attached hydrogens (tertiary/aromatic N) is 4. The summed E-state index contributed by atoms with van der Waals surface area (Å²) >= 11 is 3.52. The number of carbonyl (C=O) groups excluding carboxylic acids is 1. The van der Waals surface area contributed by atoms with Crippen molar-refractivity contribution in [1.29, 1.82) is 0 Å². The molecule has 6 rings (SSSR count). The zero-order valence-corrected chi connectivity index (χ0v) is 31.4. The number of hydrogen-bond donors (Lipinski definition) is 1. The topological polar surface area (TPSA) is 126 Å². The molecule has 2 fully saturated rings. The number of aryl methyl sites for hydroxylation is 1. The van der Waals surface area contributed by atoms with E-state index < -0.39 is 10.1 Å². The highest BCUT2D eigenvalue weighted by atomic mass is 79.9. The van der Waals surface area contributed by atoms with Gasteiger partial charge in [0.1, 0.15) is 12.2 Å². The molecule has 3 aromatic carbocycles. The number of piperidine rings is 2. The minimum absolute atomic E-state index is 0.0257. The van der Waals surface area contributed by atoms with Crippen LogP contribution in [0.3, 0.4) is 0 Å². The quantitative estimate of drug-likeness (QED) is 0.0711. The lowest BCUT2D eigenvalue weighted by Gasteiger charge is -2.49. The van der Waals surface area contributed by atoms with E-state index in [1.165, 1.54) is 18.3 Å². The number of aromatic nitrogens is 1. The van der Waals surface area contributed by atoms with E-state index in [4.69, 9.17) is 9.39 Å². The molecule has 10 nitrogen and oxygen atoms in total. The van der Waals surface area contributed by atoms with E-state index in [0.717, 1.165) is 75.6 Å². The average molecular weight is 766 g/mol. The molecule has 0 unspecified atom stereocenters. The maximum atomic E-state index is 13.3. The fourth-order valence-electron chi connectivity index (χ4n) is 6.90. The molecular weight excluding hydrogens is 720 g/mol. The van der Waals surface area contributed by atoms with Gasteiger partial charge >= 0.3 is 0 Å². The number of fused-ring (bicyclic) bond motifs is 1. The van der Waals surface area contributed by atoms with Gasteiger partial charge in [-0.1, -0.05) is 63.6 Å². The monoisotopic (exact) mass is 764 g/mol. The largest absolute Gasteiger partial charge is 0.618 e. The van der Waals surface area contributed by atoms with Crippen molar-refractivity contribution in [3.8, 4) is 0 Å². The van der Waals surface area contributed by atoms with Gasteiger partial charge in [0.15, 0.2) is 6.20 Å². The van der Waals surface area contributed by atoms with Gasteiger partial charge in [-0.25, -0.2) is 0 Å². The Bertz CT molecular complexity index is 1950. The molecule has 0 radical (unpaired) electrons. The van der Waals surface area contributed by atoms with Crippen LogP contribution in [-0.2, 0) is 15.0 Å². The number of pyridine rings is 1. The highest BCUT2D eigenvalue weighted by molar-refractivity contribution is 9.10. The Morgan fingerprint density at radius 3 is 2.26 bits per heavy atom. The predicted octanol–water partition coefficient (Wildman–Crippen LogP) is 6.93. The number of oxime groups is 1. The Morgan fingerprint density at radius 1 is 1.00 bits per heavy atom. The molecule has 2 aliphatic heterocycles. The van der Waals surface area contributed by atoms with Gasteiger partial charge in [0.2, 0.25) is 5.69 Å². The second-order valence-corrected chi connectivity index (χ2v) is 15.6. The number of likely N-dealkylation sites (tertiary alicyclic amines) is 2. The summed E-state index contributed by atoms with van der Waals surface area (Å²) in [6, 6.07) is 21.9. The lowest BCUT2D eigenvalue weighted by atomic mass is 9.82. The van der Waals surface area contributed by atoms with Crippen LogP contribution in [0.25, 0.3) is 10.8 Å². The van der Waals surface area contributed by atoms with Gasteiger partial charge in [-0.05, 0) is 106 Å². The number of amides is 1. The smallest absolute Gasteiger partial charge is 0.294 e. The first kappa shape index (κ1) is 37.4. The Morgan fingerprint density at radius 2 is 1.64 bits per heavy atom. The zero-order chi connectivity index (χ0) is 36.1. The summed E-state index contributed by atoms with van der Waals surface area (Å²) in [5.74, 6) is 0.337. The molecule has 0 saturated carbocycles. The summed E-state index contributed by atoms with van der Waals surface area (Å²) in [4.78, 5) is 23.2. The van der Waals surface area contributed by atoms with Gasteiger partial charge in [-0.15, -0.1) is 0 Å². The van der Waals surface area contributed by atoms with Gasteiger partial charge in [-0.3, -0.25) is 14.2 Å². The average Bonchev–Trinajstić information content (AvgIpc) is 3.11. The lowest BCUT2D eigenvalue weighted by Crippen LogP contribution is -2.57. The van der Waals surface area contributed by atoms with E-state index in [0.29, 0.717) is 36.9 Å². The van der Waals surface area contributed by atoms with Crippen LogP contribution in [-0.4, -0.2) is 72.7 Å². The molecule has 1 aromatic heterocycles. The zero-order valence-electron chi connectivity index (χ0n) is 29.0. The van der Waals surface area contributed by atoms with Crippen LogP contribution < -0.4 is 4.73 Å². The minimum Gasteiger partial charge on any atom is -0.618 e. The number of hydrogen-bond acceptors (Lipinski definition) is 7. The molecule has 1 N–H and O–H groups in total. The summed E-state index contributed by atoms with van der Waals surface area (Å²) < 4.78 is 32.3. The first-order chi connectivity index (χ1) is 23.8. The summed E-state index contributed by atoms with van der Waals surface area (Å²) in [7, 11) is -4.09. The highest BCUT2D eigenvalue weighted by Gasteiger charge is 2.40. The Kier molecular flexibility index (Phi) is 12.0. The number of carbonyl (C=O) groups is 1. The summed E-state index contributed by atoms with van der Waals surface area (Å²) in [6.45, 7) is 11.9. The van der Waals surface area contributed by atoms with Crippen LogP contribution in [0.4, 0.5) is 0 Å². The van der Waals surface area contributed by atoms with Gasteiger partial charge in [0, 0.05) is 42.0 Å². The molecule has 0 spiro atoms. The molecular formula is C38H45BrN4O6S. The maximum Gasteiger partial charge on any atom is 0.294 e. The molecule has 0 aliphatic carbocycles. The molecule has 0 atom stereocenters. The van der Waals surface area contributed by atoms with Crippen molar-refractivity contribution < 1.29 is 27.3 Å². The van der Waals surface area contributed by atoms with Crippen molar-refractivity contribution in [2.24, 2.45) is 11.1 Å². The highest BCUT2D eigenvalue weighted by Crippen LogP contribution is 2.34. The first-order valence-electron chi connectivity index (χ1n) is 17.0. The third kappa shape index (κ3) is 8.71. The van der Waals surface area contributed by atoms with E-state index in [1.807, 2.05) is 36.9 Å². The Balaban J connectivity index is 0.000000288. The normalized spacial score (nSPS) is 17.2. The predicted molar refractivity (Wildman–Crippen MR) is 199 cm³/mol. The van der Waals surface area contributed by atoms with Gasteiger partial charge in [-0.2, -0.15) is 13.1 Å². The maximum absolute atomic E-state index is 13.3. The third-order valence-electron chi connectivity index (χ3n) is 9.98. The Hall–Kier alpha value is -3.84. The second kappa shape index (κ2) is 16.0. The van der Waals surface area contributed by atoms with Crippen LogP contribution in [0.2, 0.25) is 0 Å². The summed E-state index contributed by atoms with van der Waals surface area (Å²) in [6.07, 6.45) is 5.40. The van der Waals surface area contributed by atoms with E-state index in [9.17, 15) is 18.4 Å². The van der Waals surface area contributed by atoms with E-state index >= 15 is 0 Å². The van der Waals surface area contributed by atoms with Crippen LogP contribution in [0.15, 0.2) is 93.5 Å². The van der Waals surface area contributed by atoms with Crippen molar-refractivity contribution in [3.05, 3.63) is 111 Å². The van der Waals surface area contributed by atoms with Crippen molar-refractivity contribution in [3.63, 3.8) is 0 Å². The number of rotatable bonds is 7. The molecule has 50 heavy (non-hydrogen) atoms. The molecule has 1 amide bonds. The van der Waals surface area contributed by atoms with Gasteiger partial charge in [0.05, 0.1) is 10.6 Å². The van der Waals surface area contributed by atoms with Crippen molar-refractivity contribution in [2.45, 2.75) is 63.8 Å². The number of halogens is 1. The van der Waals surface area contributed by atoms with E-state index in [1.54, 1.807) is 25.1 Å². The molecule has 0 bridgehead atoms. The van der Waals surface area contributed by atoms with Crippen LogP contribution in [0.1, 0.15) is 66.7 Å². The van der Waals surface area contributed by atoms with Crippen LogP contribution >= 0.6 is 15.9 Å². The standard InChI is InChI=1S/C28H37BrN4O3.C10H8O3S/c1-5-36-30-26(22-6-8-24(29)9-7-22)23-11-15-32(16-12-23)28(4)13-18-31(19-14-28)27(34)25-20(2)10-17-33(35)21(25)3;11-14(12,13)10-6-5-8-3-1-2-4-9(8)7-10/h6-10,17,23H,5,11-16,18-19H2,1-4H3;1-7H,(H,11,12,13)/b30-26-;. The SMILES string of the molecule is CCO/N=C(/c1ccc(Br)cc1)C1CCN(C2(C)CCN(C(=O)c3c(C)cc[n+]([O-])c3C)CC2)CC1.O=S(=O)(O)c1ccc2ccccc2c1. The van der Waals surface area contributed by atoms with Crippen molar-refractivity contribution >= 4 is 48.4 Å². The van der Waals surface area contributed by atoms with Crippen LogP contribution in [0.5, 0.6) is 0 Å². The van der Waals surface area contributed by atoms with E-state index in [2.05, 4.69) is 57.2 Å². The minimum atomic E-state index is -4.09. The summed E-state index contributed by atoms with van der Waals surface area (Å²) in [5, 5.41) is 18.3. The molecule has 266 valence electrons. The third-order valence-corrected chi connectivity index (χ3v) is 11.4. The van der Waals surface area contributed by atoms with E-state index in [-0.39, 0.29) is 16.3 Å². The fourth-order valence-corrected chi connectivity index (χ4v) is 7.68. The first-order valence-corrected chi connectivity index (χ1v) is 19.2. The second-order valence-electron chi connectivity index (χ2n) is 13.2. The summed E-state index contributed by atoms with van der Waals surface area (Å²) in [5.41, 5.74) is 4.11. The molecule has 2 saturated heterocycles. The molecule has 12 heteroatoms. The van der Waals surface area contributed by atoms with Gasteiger partial charge in [0.25, 0.3) is 16.0 Å². The number of benzene rings is 3.